The van der Waals surface area contributed by atoms with E-state index in [1.807, 2.05) is 0 Å². The van der Waals surface area contributed by atoms with Gasteiger partial charge in [-0.2, -0.15) is 5.10 Å². The largest absolute Gasteiger partial charge is 0.460 e. The molecule has 0 aliphatic carbocycles. The summed E-state index contributed by atoms with van der Waals surface area (Å²) in [6.45, 7) is 7.06. The lowest BCUT2D eigenvalue weighted by molar-refractivity contribution is -0.156. The Kier molecular flexibility index (Phi) is 4.30. The number of rotatable bonds is 3. The van der Waals surface area contributed by atoms with E-state index in [-0.39, 0.29) is 11.7 Å². The Bertz CT molecular complexity index is 669. The summed E-state index contributed by atoms with van der Waals surface area (Å²) in [5, 5.41) is 4.04. The topological polar surface area (TPSA) is 44.1 Å². The van der Waals surface area contributed by atoms with E-state index in [4.69, 9.17) is 4.74 Å². The Labute approximate surface area is 127 Å². The number of hydrogen-bond acceptors (Lipinski definition) is 3. The number of aromatic nitrogens is 2. The molecule has 4 nitrogen and oxygen atoms in total. The Hall–Kier alpha value is -2.24. The number of ether oxygens (including phenoxy) is 1. The van der Waals surface area contributed by atoms with E-state index in [9.17, 15) is 13.6 Å². The second kappa shape index (κ2) is 5.87. The van der Waals surface area contributed by atoms with Gasteiger partial charge >= 0.3 is 5.97 Å². The number of esters is 1. The van der Waals surface area contributed by atoms with Crippen LogP contribution in [0.5, 0.6) is 0 Å². The van der Waals surface area contributed by atoms with Gasteiger partial charge in [0.2, 0.25) is 0 Å². The first kappa shape index (κ1) is 16.1. The Morgan fingerprint density at radius 1 is 1.23 bits per heavy atom. The fourth-order valence-corrected chi connectivity index (χ4v) is 1.90. The molecule has 0 N–H and O–H groups in total. The zero-order valence-electron chi connectivity index (χ0n) is 12.9. The van der Waals surface area contributed by atoms with E-state index in [0.717, 1.165) is 18.2 Å². The summed E-state index contributed by atoms with van der Waals surface area (Å²) < 4.78 is 33.1. The first-order valence-corrected chi connectivity index (χ1v) is 6.89. The normalized spacial score (nSPS) is 13.0. The van der Waals surface area contributed by atoms with Crippen molar-refractivity contribution in [1.82, 2.24) is 9.78 Å². The summed E-state index contributed by atoms with van der Waals surface area (Å²) >= 11 is 0. The molecule has 0 bridgehead atoms. The molecule has 2 aromatic rings. The number of hydrogen-bond donors (Lipinski definition) is 0. The molecule has 6 heteroatoms. The van der Waals surface area contributed by atoms with Gasteiger partial charge in [0.25, 0.3) is 0 Å². The van der Waals surface area contributed by atoms with Crippen LogP contribution in [0.3, 0.4) is 0 Å². The standard InChI is InChI=1S/C16H18F2N2O2/c1-10(15(21)22-16(2,3)4)11-8-19-20(9-11)14-6-12(17)5-13(18)7-14/h5-10H,1-4H3. The van der Waals surface area contributed by atoms with Gasteiger partial charge in [0.1, 0.15) is 17.2 Å². The number of nitrogens with zero attached hydrogens (tertiary/aromatic N) is 2. The minimum absolute atomic E-state index is 0.250. The van der Waals surface area contributed by atoms with E-state index in [1.54, 1.807) is 33.9 Å². The van der Waals surface area contributed by atoms with Gasteiger partial charge in [0.05, 0.1) is 17.8 Å². The number of carbonyl (C=O) groups is 1. The molecular formula is C16H18F2N2O2. The van der Waals surface area contributed by atoms with Gasteiger partial charge in [0, 0.05) is 17.8 Å². The third-order valence-corrected chi connectivity index (χ3v) is 2.97. The first-order chi connectivity index (χ1) is 10.2. The average Bonchev–Trinajstić information content (AvgIpc) is 2.84. The van der Waals surface area contributed by atoms with Gasteiger partial charge in [-0.1, -0.05) is 0 Å². The van der Waals surface area contributed by atoms with Crippen LogP contribution in [0, 0.1) is 11.6 Å². The van der Waals surface area contributed by atoms with Crippen LogP contribution in [-0.2, 0) is 9.53 Å². The van der Waals surface area contributed by atoms with Crippen LogP contribution >= 0.6 is 0 Å². The SMILES string of the molecule is CC(C(=O)OC(C)(C)C)c1cnn(-c2cc(F)cc(F)c2)c1. The van der Waals surface area contributed by atoms with Gasteiger partial charge in [-0.05, 0) is 39.8 Å². The number of carbonyl (C=O) groups excluding carboxylic acids is 1. The van der Waals surface area contributed by atoms with Crippen LogP contribution in [0.2, 0.25) is 0 Å². The maximum absolute atomic E-state index is 13.2. The summed E-state index contributed by atoms with van der Waals surface area (Å²) in [5.41, 5.74) is 0.284. The molecule has 0 radical (unpaired) electrons. The molecule has 0 aliphatic heterocycles. The van der Waals surface area contributed by atoms with Crippen molar-refractivity contribution in [3.05, 3.63) is 47.8 Å². The average molecular weight is 308 g/mol. The summed E-state index contributed by atoms with van der Waals surface area (Å²) in [4.78, 5) is 12.0. The van der Waals surface area contributed by atoms with E-state index >= 15 is 0 Å². The molecule has 0 saturated heterocycles. The van der Waals surface area contributed by atoms with Gasteiger partial charge < -0.3 is 4.74 Å². The van der Waals surface area contributed by atoms with Crippen LogP contribution in [-0.4, -0.2) is 21.4 Å². The lowest BCUT2D eigenvalue weighted by atomic mass is 10.1. The summed E-state index contributed by atoms with van der Waals surface area (Å²) in [5.74, 6) is -2.27. The van der Waals surface area contributed by atoms with E-state index in [0.29, 0.717) is 5.56 Å². The third-order valence-electron chi connectivity index (χ3n) is 2.97. The maximum atomic E-state index is 13.2. The molecule has 1 heterocycles. The summed E-state index contributed by atoms with van der Waals surface area (Å²) in [7, 11) is 0. The second-order valence-electron chi connectivity index (χ2n) is 6.10. The van der Waals surface area contributed by atoms with Crippen molar-refractivity contribution in [2.75, 3.05) is 0 Å². The molecule has 0 aliphatic rings. The van der Waals surface area contributed by atoms with Crippen LogP contribution in [0.25, 0.3) is 5.69 Å². The molecule has 2 rings (SSSR count). The molecule has 0 saturated carbocycles. The molecular weight excluding hydrogens is 290 g/mol. The summed E-state index contributed by atoms with van der Waals surface area (Å²) in [6.07, 6.45) is 3.04. The summed E-state index contributed by atoms with van der Waals surface area (Å²) in [6, 6.07) is 3.12. The Balaban J connectivity index is 2.22. The molecule has 1 aromatic heterocycles. The zero-order valence-corrected chi connectivity index (χ0v) is 12.9. The van der Waals surface area contributed by atoms with Gasteiger partial charge in [-0.15, -0.1) is 0 Å². The molecule has 1 unspecified atom stereocenters. The highest BCUT2D eigenvalue weighted by Crippen LogP contribution is 2.21. The molecule has 0 amide bonds. The highest BCUT2D eigenvalue weighted by molar-refractivity contribution is 5.77. The smallest absolute Gasteiger partial charge is 0.313 e. The minimum atomic E-state index is -0.688. The molecule has 1 atom stereocenters. The van der Waals surface area contributed by atoms with Gasteiger partial charge in [-0.25, -0.2) is 13.5 Å². The van der Waals surface area contributed by atoms with Gasteiger partial charge in [0.15, 0.2) is 0 Å². The van der Waals surface area contributed by atoms with Crippen molar-refractivity contribution in [3.8, 4) is 5.69 Å². The predicted molar refractivity (Wildman–Crippen MR) is 77.7 cm³/mol. The third kappa shape index (κ3) is 3.90. The maximum Gasteiger partial charge on any atom is 0.313 e. The van der Waals surface area contributed by atoms with Gasteiger partial charge in [-0.3, -0.25) is 4.79 Å². The number of benzene rings is 1. The van der Waals surface area contributed by atoms with Crippen molar-refractivity contribution in [1.29, 1.82) is 0 Å². The van der Waals surface area contributed by atoms with E-state index in [1.165, 1.54) is 10.9 Å². The van der Waals surface area contributed by atoms with Crippen molar-refractivity contribution < 1.29 is 18.3 Å². The highest BCUT2D eigenvalue weighted by Gasteiger charge is 2.24. The first-order valence-electron chi connectivity index (χ1n) is 6.89. The van der Waals surface area contributed by atoms with Crippen LogP contribution in [0.4, 0.5) is 8.78 Å². The lowest BCUT2D eigenvalue weighted by Gasteiger charge is -2.21. The van der Waals surface area contributed by atoms with Crippen LogP contribution in [0.15, 0.2) is 30.6 Å². The van der Waals surface area contributed by atoms with E-state index < -0.39 is 23.2 Å². The zero-order chi connectivity index (χ0) is 16.5. The molecule has 1 aromatic carbocycles. The fraction of sp³-hybridized carbons (Fsp3) is 0.375. The Morgan fingerprint density at radius 2 is 1.82 bits per heavy atom. The Morgan fingerprint density at radius 3 is 2.36 bits per heavy atom. The number of halogens is 2. The quantitative estimate of drug-likeness (QED) is 0.814. The van der Waals surface area contributed by atoms with Crippen LogP contribution in [0.1, 0.15) is 39.2 Å². The highest BCUT2D eigenvalue weighted by atomic mass is 19.1. The van der Waals surface area contributed by atoms with Crippen molar-refractivity contribution in [2.24, 2.45) is 0 Å². The minimum Gasteiger partial charge on any atom is -0.460 e. The monoisotopic (exact) mass is 308 g/mol. The molecule has 22 heavy (non-hydrogen) atoms. The predicted octanol–water partition coefficient (Wildman–Crippen LogP) is 3.60. The van der Waals surface area contributed by atoms with Crippen molar-refractivity contribution in [2.45, 2.75) is 39.2 Å². The van der Waals surface area contributed by atoms with Crippen molar-refractivity contribution in [3.63, 3.8) is 0 Å². The van der Waals surface area contributed by atoms with Crippen molar-refractivity contribution >= 4 is 5.97 Å². The molecule has 0 fully saturated rings. The second-order valence-corrected chi connectivity index (χ2v) is 6.10. The van der Waals surface area contributed by atoms with E-state index in [2.05, 4.69) is 5.10 Å². The molecule has 118 valence electrons. The fourth-order valence-electron chi connectivity index (χ4n) is 1.90. The molecule has 0 spiro atoms. The van der Waals surface area contributed by atoms with Crippen LogP contribution < -0.4 is 0 Å². The lowest BCUT2D eigenvalue weighted by Crippen LogP contribution is -2.26.